The van der Waals surface area contributed by atoms with Gasteiger partial charge >= 0.3 is 12.1 Å². The summed E-state index contributed by atoms with van der Waals surface area (Å²) >= 11 is 0. The van der Waals surface area contributed by atoms with Gasteiger partial charge in [0, 0.05) is 0 Å². The molecule has 112 valence electrons. The van der Waals surface area contributed by atoms with Crippen molar-refractivity contribution in [3.8, 4) is 5.75 Å². The summed E-state index contributed by atoms with van der Waals surface area (Å²) in [4.78, 5) is 11.5. The summed E-state index contributed by atoms with van der Waals surface area (Å²) in [6.07, 6.45) is -4.47. The van der Waals surface area contributed by atoms with Crippen LogP contribution in [0.15, 0.2) is 18.2 Å². The Labute approximate surface area is 115 Å². The largest absolute Gasteiger partial charge is 0.483 e. The third kappa shape index (κ3) is 4.43. The first-order valence-corrected chi connectivity index (χ1v) is 5.97. The van der Waals surface area contributed by atoms with Gasteiger partial charge in [-0.15, -0.1) is 0 Å². The van der Waals surface area contributed by atoms with E-state index in [1.54, 1.807) is 6.07 Å². The first-order valence-electron chi connectivity index (χ1n) is 5.97. The van der Waals surface area contributed by atoms with E-state index in [4.69, 9.17) is 4.74 Å². The molecule has 0 unspecified atom stereocenters. The van der Waals surface area contributed by atoms with Crippen LogP contribution in [-0.2, 0) is 10.2 Å². The molecule has 20 heavy (non-hydrogen) atoms. The lowest BCUT2D eigenvalue weighted by Crippen LogP contribution is -2.21. The van der Waals surface area contributed by atoms with E-state index in [1.807, 2.05) is 20.8 Å². The zero-order chi connectivity index (χ0) is 15.6. The maximum Gasteiger partial charge on any atom is 0.422 e. The molecule has 0 spiro atoms. The molecule has 0 saturated carbocycles. The minimum absolute atomic E-state index is 0.0234. The molecule has 0 aliphatic heterocycles. The SMILES string of the molecule is COC(=O)c1ccc(C(C)(C)C)cc1OCC(F)(F)F. The van der Waals surface area contributed by atoms with Crippen molar-refractivity contribution in [1.82, 2.24) is 0 Å². The van der Waals surface area contributed by atoms with Crippen LogP contribution in [0.3, 0.4) is 0 Å². The number of carbonyl (C=O) groups is 1. The minimum atomic E-state index is -4.47. The van der Waals surface area contributed by atoms with Gasteiger partial charge in [0.05, 0.1) is 7.11 Å². The van der Waals surface area contributed by atoms with E-state index in [1.165, 1.54) is 12.1 Å². The molecule has 1 rings (SSSR count). The summed E-state index contributed by atoms with van der Waals surface area (Å²) in [5.41, 5.74) is 0.470. The van der Waals surface area contributed by atoms with Crippen LogP contribution in [0.25, 0.3) is 0 Å². The smallest absolute Gasteiger partial charge is 0.422 e. The molecule has 0 aliphatic rings. The number of halogens is 3. The van der Waals surface area contributed by atoms with Gasteiger partial charge in [-0.1, -0.05) is 26.8 Å². The predicted octanol–water partition coefficient (Wildman–Crippen LogP) is 3.71. The molecule has 1 aromatic carbocycles. The van der Waals surface area contributed by atoms with Crippen molar-refractivity contribution in [2.24, 2.45) is 0 Å². The fraction of sp³-hybridized carbons (Fsp3) is 0.500. The molecule has 6 heteroatoms. The molecule has 0 radical (unpaired) electrons. The highest BCUT2D eigenvalue weighted by Crippen LogP contribution is 2.30. The number of esters is 1. The zero-order valence-electron chi connectivity index (χ0n) is 11.8. The highest BCUT2D eigenvalue weighted by molar-refractivity contribution is 5.92. The van der Waals surface area contributed by atoms with Gasteiger partial charge in [-0.05, 0) is 23.1 Å². The second kappa shape index (κ2) is 5.73. The van der Waals surface area contributed by atoms with Gasteiger partial charge in [-0.25, -0.2) is 4.79 Å². The Kier molecular flexibility index (Phi) is 4.68. The van der Waals surface area contributed by atoms with Crippen LogP contribution in [0.5, 0.6) is 5.75 Å². The number of alkyl halides is 3. The fourth-order valence-electron chi connectivity index (χ4n) is 1.55. The Morgan fingerprint density at radius 3 is 2.25 bits per heavy atom. The van der Waals surface area contributed by atoms with E-state index in [2.05, 4.69) is 4.74 Å². The van der Waals surface area contributed by atoms with Gasteiger partial charge in [0.2, 0.25) is 0 Å². The van der Waals surface area contributed by atoms with Crippen molar-refractivity contribution >= 4 is 5.97 Å². The van der Waals surface area contributed by atoms with Gasteiger partial charge in [-0.2, -0.15) is 13.2 Å². The van der Waals surface area contributed by atoms with Crippen LogP contribution in [0.1, 0.15) is 36.7 Å². The molecule has 0 saturated heterocycles. The van der Waals surface area contributed by atoms with Crippen LogP contribution in [0.2, 0.25) is 0 Å². The standard InChI is InChI=1S/C14H17F3O3/c1-13(2,3)9-5-6-10(12(18)19-4)11(7-9)20-8-14(15,16)17/h5-7H,8H2,1-4H3. The van der Waals surface area contributed by atoms with Crippen LogP contribution < -0.4 is 4.74 Å². The molecule has 0 fully saturated rings. The third-order valence-electron chi connectivity index (χ3n) is 2.64. The quantitative estimate of drug-likeness (QED) is 0.796. The summed E-state index contributed by atoms with van der Waals surface area (Å²) in [6, 6.07) is 4.53. The number of hydrogen-bond acceptors (Lipinski definition) is 3. The molecule has 1 aromatic rings. The minimum Gasteiger partial charge on any atom is -0.483 e. The molecular formula is C14H17F3O3. The number of ether oxygens (including phenoxy) is 2. The van der Waals surface area contributed by atoms with Crippen LogP contribution in [0.4, 0.5) is 13.2 Å². The van der Waals surface area contributed by atoms with Crippen molar-refractivity contribution in [3.63, 3.8) is 0 Å². The average molecular weight is 290 g/mol. The predicted molar refractivity (Wildman–Crippen MR) is 68.0 cm³/mol. The molecule has 0 bridgehead atoms. The molecule has 0 N–H and O–H groups in total. The maximum atomic E-state index is 12.2. The van der Waals surface area contributed by atoms with E-state index in [9.17, 15) is 18.0 Å². The monoisotopic (exact) mass is 290 g/mol. The summed E-state index contributed by atoms with van der Waals surface area (Å²) < 4.78 is 46.0. The number of rotatable bonds is 3. The molecule has 0 heterocycles. The van der Waals surface area contributed by atoms with Gasteiger partial charge < -0.3 is 9.47 Å². The summed E-state index contributed by atoms with van der Waals surface area (Å²) in [6.45, 7) is 4.28. The second-order valence-corrected chi connectivity index (χ2v) is 5.36. The third-order valence-corrected chi connectivity index (χ3v) is 2.64. The Balaban J connectivity index is 3.16. The van der Waals surface area contributed by atoms with Crippen LogP contribution in [0, 0.1) is 0 Å². The lowest BCUT2D eigenvalue weighted by Gasteiger charge is -2.21. The van der Waals surface area contributed by atoms with Gasteiger partial charge in [0.15, 0.2) is 6.61 Å². The van der Waals surface area contributed by atoms with E-state index in [-0.39, 0.29) is 16.7 Å². The second-order valence-electron chi connectivity index (χ2n) is 5.36. The Hall–Kier alpha value is -1.72. The molecule has 0 amide bonds. The highest BCUT2D eigenvalue weighted by atomic mass is 19.4. The number of benzene rings is 1. The normalized spacial score (nSPS) is 12.2. The summed E-state index contributed by atoms with van der Waals surface area (Å²) in [5.74, 6) is -0.857. The van der Waals surface area contributed by atoms with Crippen LogP contribution >= 0.6 is 0 Å². The lowest BCUT2D eigenvalue weighted by atomic mass is 9.86. The topological polar surface area (TPSA) is 35.5 Å². The molecule has 0 atom stereocenters. The Morgan fingerprint density at radius 1 is 1.20 bits per heavy atom. The van der Waals surface area contributed by atoms with E-state index in [0.29, 0.717) is 0 Å². The average Bonchev–Trinajstić information content (AvgIpc) is 2.33. The number of hydrogen-bond donors (Lipinski definition) is 0. The van der Waals surface area contributed by atoms with Gasteiger partial charge in [0.25, 0.3) is 0 Å². The van der Waals surface area contributed by atoms with E-state index in [0.717, 1.165) is 12.7 Å². The van der Waals surface area contributed by atoms with Crippen molar-refractivity contribution in [3.05, 3.63) is 29.3 Å². The van der Waals surface area contributed by atoms with Gasteiger partial charge in [0.1, 0.15) is 11.3 Å². The molecular weight excluding hydrogens is 273 g/mol. The zero-order valence-corrected chi connectivity index (χ0v) is 11.8. The van der Waals surface area contributed by atoms with Crippen molar-refractivity contribution in [2.75, 3.05) is 13.7 Å². The molecule has 0 aliphatic carbocycles. The van der Waals surface area contributed by atoms with Crippen molar-refractivity contribution in [1.29, 1.82) is 0 Å². The van der Waals surface area contributed by atoms with E-state index >= 15 is 0 Å². The fourth-order valence-corrected chi connectivity index (χ4v) is 1.55. The first-order chi connectivity index (χ1) is 9.04. The Bertz CT molecular complexity index is 487. The first kappa shape index (κ1) is 16.3. The van der Waals surface area contributed by atoms with Crippen molar-refractivity contribution < 1.29 is 27.4 Å². The number of carbonyl (C=O) groups excluding carboxylic acids is 1. The van der Waals surface area contributed by atoms with E-state index < -0.39 is 18.8 Å². The van der Waals surface area contributed by atoms with Crippen molar-refractivity contribution in [2.45, 2.75) is 32.4 Å². The summed E-state index contributed by atoms with van der Waals surface area (Å²) in [7, 11) is 1.16. The lowest BCUT2D eigenvalue weighted by molar-refractivity contribution is -0.153. The maximum absolute atomic E-state index is 12.2. The number of methoxy groups -OCH3 is 1. The van der Waals surface area contributed by atoms with Crippen LogP contribution in [-0.4, -0.2) is 25.9 Å². The molecule has 0 aromatic heterocycles. The van der Waals surface area contributed by atoms with Gasteiger partial charge in [-0.3, -0.25) is 0 Å². The Morgan fingerprint density at radius 2 is 1.80 bits per heavy atom. The summed E-state index contributed by atoms with van der Waals surface area (Å²) in [5, 5.41) is 0. The molecule has 3 nitrogen and oxygen atoms in total. The highest BCUT2D eigenvalue weighted by Gasteiger charge is 2.30.